The van der Waals surface area contributed by atoms with Gasteiger partial charge in [0.05, 0.1) is 17.3 Å². The predicted octanol–water partition coefficient (Wildman–Crippen LogP) is 3.56. The SMILES string of the molecule is CC.CCc1nc(C(C)C)nc2c1cnn2CC. The van der Waals surface area contributed by atoms with Crippen LogP contribution >= 0.6 is 0 Å². The number of rotatable bonds is 3. The molecule has 0 spiro atoms. The average molecular weight is 248 g/mol. The Morgan fingerprint density at radius 1 is 1.17 bits per heavy atom. The monoisotopic (exact) mass is 248 g/mol. The summed E-state index contributed by atoms with van der Waals surface area (Å²) in [6.45, 7) is 13.3. The third kappa shape index (κ3) is 2.68. The van der Waals surface area contributed by atoms with Crippen LogP contribution in [0.1, 0.15) is 59.0 Å². The summed E-state index contributed by atoms with van der Waals surface area (Å²) in [7, 11) is 0. The molecule has 4 heteroatoms. The molecule has 0 bridgehead atoms. The number of aromatic nitrogens is 4. The van der Waals surface area contributed by atoms with E-state index < -0.39 is 0 Å². The fourth-order valence-corrected chi connectivity index (χ4v) is 1.79. The van der Waals surface area contributed by atoms with Gasteiger partial charge in [-0.2, -0.15) is 5.10 Å². The molecule has 0 unspecified atom stereocenters. The molecule has 0 aliphatic carbocycles. The summed E-state index contributed by atoms with van der Waals surface area (Å²) in [4.78, 5) is 9.21. The van der Waals surface area contributed by atoms with Gasteiger partial charge in [0.15, 0.2) is 5.65 Å². The minimum absolute atomic E-state index is 0.356. The number of hydrogen-bond acceptors (Lipinski definition) is 3. The highest BCUT2D eigenvalue weighted by Gasteiger charge is 2.12. The number of nitrogens with zero attached hydrogens (tertiary/aromatic N) is 4. The Labute approximate surface area is 109 Å². The zero-order chi connectivity index (χ0) is 13.7. The Bertz CT molecular complexity index is 500. The lowest BCUT2D eigenvalue weighted by Crippen LogP contribution is -2.05. The highest BCUT2D eigenvalue weighted by molar-refractivity contribution is 5.77. The fraction of sp³-hybridized carbons (Fsp3) is 0.643. The molecule has 100 valence electrons. The van der Waals surface area contributed by atoms with Crippen LogP contribution in [0.25, 0.3) is 11.0 Å². The fourth-order valence-electron chi connectivity index (χ4n) is 1.79. The zero-order valence-corrected chi connectivity index (χ0v) is 12.4. The normalized spacial score (nSPS) is 10.6. The molecule has 2 rings (SSSR count). The molecule has 2 aromatic rings. The number of fused-ring (bicyclic) bond motifs is 1. The maximum absolute atomic E-state index is 4.60. The first-order valence-corrected chi connectivity index (χ1v) is 6.89. The molecular formula is C14H24N4. The molecule has 2 heterocycles. The predicted molar refractivity (Wildman–Crippen MR) is 75.8 cm³/mol. The first kappa shape index (κ1) is 14.6. The first-order chi connectivity index (χ1) is 8.67. The zero-order valence-electron chi connectivity index (χ0n) is 12.4. The Morgan fingerprint density at radius 2 is 1.83 bits per heavy atom. The van der Waals surface area contributed by atoms with Gasteiger partial charge in [0.25, 0.3) is 0 Å². The lowest BCUT2D eigenvalue weighted by Gasteiger charge is -2.07. The topological polar surface area (TPSA) is 43.6 Å². The largest absolute Gasteiger partial charge is 0.247 e. The molecule has 0 aromatic carbocycles. The Balaban J connectivity index is 0.000000771. The summed E-state index contributed by atoms with van der Waals surface area (Å²) in [5.41, 5.74) is 2.08. The summed E-state index contributed by atoms with van der Waals surface area (Å²) >= 11 is 0. The molecule has 0 saturated carbocycles. The van der Waals surface area contributed by atoms with E-state index in [0.29, 0.717) is 5.92 Å². The summed E-state index contributed by atoms with van der Waals surface area (Å²) in [5.74, 6) is 1.27. The molecule has 4 nitrogen and oxygen atoms in total. The van der Waals surface area contributed by atoms with E-state index in [0.717, 1.165) is 35.5 Å². The highest BCUT2D eigenvalue weighted by Crippen LogP contribution is 2.19. The molecule has 0 fully saturated rings. The van der Waals surface area contributed by atoms with Crippen molar-refractivity contribution in [1.82, 2.24) is 19.7 Å². The van der Waals surface area contributed by atoms with Crippen molar-refractivity contribution in [3.63, 3.8) is 0 Å². The van der Waals surface area contributed by atoms with Crippen molar-refractivity contribution in [1.29, 1.82) is 0 Å². The highest BCUT2D eigenvalue weighted by atomic mass is 15.3. The van der Waals surface area contributed by atoms with Crippen molar-refractivity contribution in [2.75, 3.05) is 0 Å². The molecule has 0 N–H and O–H groups in total. The van der Waals surface area contributed by atoms with Crippen LogP contribution in [-0.4, -0.2) is 19.7 Å². The number of hydrogen-bond donors (Lipinski definition) is 0. The van der Waals surface area contributed by atoms with Gasteiger partial charge >= 0.3 is 0 Å². The van der Waals surface area contributed by atoms with Gasteiger partial charge in [0.2, 0.25) is 0 Å². The lowest BCUT2D eigenvalue weighted by molar-refractivity contribution is 0.669. The number of aryl methyl sites for hydroxylation is 2. The van der Waals surface area contributed by atoms with Gasteiger partial charge < -0.3 is 0 Å². The minimum atomic E-state index is 0.356. The van der Waals surface area contributed by atoms with Gasteiger partial charge in [0.1, 0.15) is 5.82 Å². The van der Waals surface area contributed by atoms with Gasteiger partial charge in [-0.15, -0.1) is 0 Å². The van der Waals surface area contributed by atoms with Crippen LogP contribution in [0.5, 0.6) is 0 Å². The Hall–Kier alpha value is -1.45. The van der Waals surface area contributed by atoms with Crippen molar-refractivity contribution in [3.05, 3.63) is 17.7 Å². The Morgan fingerprint density at radius 3 is 2.33 bits per heavy atom. The van der Waals surface area contributed by atoms with Crippen molar-refractivity contribution in [2.45, 2.75) is 60.4 Å². The van der Waals surface area contributed by atoms with Gasteiger partial charge in [-0.1, -0.05) is 34.6 Å². The van der Waals surface area contributed by atoms with Crippen LogP contribution in [0.4, 0.5) is 0 Å². The van der Waals surface area contributed by atoms with Crippen LogP contribution in [0, 0.1) is 0 Å². The van der Waals surface area contributed by atoms with E-state index in [-0.39, 0.29) is 0 Å². The summed E-state index contributed by atoms with van der Waals surface area (Å²) in [5, 5.41) is 5.43. The summed E-state index contributed by atoms with van der Waals surface area (Å²) < 4.78 is 1.93. The Kier molecular flexibility index (Phi) is 5.25. The molecule has 0 saturated heterocycles. The van der Waals surface area contributed by atoms with E-state index in [2.05, 4.69) is 42.8 Å². The maximum Gasteiger partial charge on any atom is 0.161 e. The van der Waals surface area contributed by atoms with Crippen LogP contribution in [-0.2, 0) is 13.0 Å². The molecule has 0 amide bonds. The van der Waals surface area contributed by atoms with E-state index in [1.54, 1.807) is 0 Å². The second-order valence-electron chi connectivity index (χ2n) is 4.23. The van der Waals surface area contributed by atoms with Crippen molar-refractivity contribution in [2.24, 2.45) is 0 Å². The van der Waals surface area contributed by atoms with Crippen molar-refractivity contribution in [3.8, 4) is 0 Å². The van der Waals surface area contributed by atoms with Gasteiger partial charge in [-0.3, -0.25) is 0 Å². The molecule has 0 atom stereocenters. The van der Waals surface area contributed by atoms with Gasteiger partial charge in [0, 0.05) is 12.5 Å². The molecule has 18 heavy (non-hydrogen) atoms. The van der Waals surface area contributed by atoms with Gasteiger partial charge in [-0.05, 0) is 13.3 Å². The second-order valence-corrected chi connectivity index (χ2v) is 4.23. The molecular weight excluding hydrogens is 224 g/mol. The van der Waals surface area contributed by atoms with Crippen LogP contribution < -0.4 is 0 Å². The van der Waals surface area contributed by atoms with E-state index in [9.17, 15) is 0 Å². The standard InChI is InChI=1S/C12H18N4.C2H6/c1-5-10-9-7-13-16(6-2)12(9)15-11(14-10)8(3)4;1-2/h7-8H,5-6H2,1-4H3;1-2H3. The molecule has 2 aromatic heterocycles. The van der Waals surface area contributed by atoms with Crippen LogP contribution in [0.15, 0.2) is 6.20 Å². The first-order valence-electron chi connectivity index (χ1n) is 6.89. The average Bonchev–Trinajstić information content (AvgIpc) is 2.82. The maximum atomic E-state index is 4.60. The third-order valence-corrected chi connectivity index (χ3v) is 2.74. The second kappa shape index (κ2) is 6.47. The molecule has 0 radical (unpaired) electrons. The van der Waals surface area contributed by atoms with Crippen LogP contribution in [0.3, 0.4) is 0 Å². The van der Waals surface area contributed by atoms with E-state index in [1.165, 1.54) is 0 Å². The summed E-state index contributed by atoms with van der Waals surface area (Å²) in [6, 6.07) is 0. The lowest BCUT2D eigenvalue weighted by atomic mass is 10.2. The van der Waals surface area contributed by atoms with Crippen molar-refractivity contribution < 1.29 is 0 Å². The quantitative estimate of drug-likeness (QED) is 0.834. The smallest absolute Gasteiger partial charge is 0.161 e. The minimum Gasteiger partial charge on any atom is -0.247 e. The van der Waals surface area contributed by atoms with E-state index >= 15 is 0 Å². The molecule has 0 aliphatic heterocycles. The third-order valence-electron chi connectivity index (χ3n) is 2.74. The van der Waals surface area contributed by atoms with Crippen molar-refractivity contribution >= 4 is 11.0 Å². The van der Waals surface area contributed by atoms with Crippen LogP contribution in [0.2, 0.25) is 0 Å². The van der Waals surface area contributed by atoms with E-state index in [1.807, 2.05) is 24.7 Å². The molecule has 0 aliphatic rings. The summed E-state index contributed by atoms with van der Waals surface area (Å²) in [6.07, 6.45) is 2.80. The van der Waals surface area contributed by atoms with Gasteiger partial charge in [-0.25, -0.2) is 14.6 Å². The van der Waals surface area contributed by atoms with E-state index in [4.69, 9.17) is 0 Å².